The number of nitrogens with one attached hydrogen (secondary N) is 1. The molecule has 0 aliphatic rings. The summed E-state index contributed by atoms with van der Waals surface area (Å²) in [5.41, 5.74) is 2.03. The van der Waals surface area contributed by atoms with Crippen LogP contribution in [0.2, 0.25) is 10.0 Å². The van der Waals surface area contributed by atoms with Gasteiger partial charge in [0, 0.05) is 16.6 Å². The van der Waals surface area contributed by atoms with Crippen LogP contribution in [0, 0.1) is 6.92 Å². The molecular formula is C18H20Cl2N2O3S. The third-order valence-corrected chi connectivity index (χ3v) is 5.78. The van der Waals surface area contributed by atoms with Crippen molar-refractivity contribution in [1.82, 2.24) is 5.32 Å². The minimum absolute atomic E-state index is 0.270. The van der Waals surface area contributed by atoms with E-state index in [-0.39, 0.29) is 6.54 Å². The fraction of sp³-hybridized carbons (Fsp3) is 0.278. The zero-order chi connectivity index (χ0) is 19.5. The van der Waals surface area contributed by atoms with Crippen LogP contribution in [-0.4, -0.2) is 26.6 Å². The number of hydrogen-bond acceptors (Lipinski definition) is 3. The van der Waals surface area contributed by atoms with E-state index in [0.29, 0.717) is 15.7 Å². The van der Waals surface area contributed by atoms with Crippen LogP contribution in [0.3, 0.4) is 0 Å². The Kier molecular flexibility index (Phi) is 6.55. The topological polar surface area (TPSA) is 66.5 Å². The lowest BCUT2D eigenvalue weighted by Crippen LogP contribution is -2.47. The van der Waals surface area contributed by atoms with Crippen LogP contribution in [0.25, 0.3) is 0 Å². The lowest BCUT2D eigenvalue weighted by Gasteiger charge is -2.28. The Hall–Kier alpha value is -1.76. The summed E-state index contributed by atoms with van der Waals surface area (Å²) in [7, 11) is -3.68. The Balaban J connectivity index is 2.20. The van der Waals surface area contributed by atoms with Crippen LogP contribution >= 0.6 is 23.2 Å². The Bertz CT molecular complexity index is 899. The summed E-state index contributed by atoms with van der Waals surface area (Å²) >= 11 is 12.0. The van der Waals surface area contributed by atoms with Gasteiger partial charge in [-0.05, 0) is 49.2 Å². The highest BCUT2D eigenvalue weighted by Gasteiger charge is 2.29. The molecule has 0 aliphatic heterocycles. The first-order valence-electron chi connectivity index (χ1n) is 7.87. The van der Waals surface area contributed by atoms with Gasteiger partial charge in [-0.2, -0.15) is 0 Å². The molecule has 0 saturated heterocycles. The van der Waals surface area contributed by atoms with Gasteiger partial charge in [-0.25, -0.2) is 8.42 Å². The van der Waals surface area contributed by atoms with E-state index in [1.165, 1.54) is 6.92 Å². The molecule has 0 heterocycles. The molecule has 0 fully saturated rings. The summed E-state index contributed by atoms with van der Waals surface area (Å²) in [5, 5.41) is 3.79. The Labute approximate surface area is 164 Å². The van der Waals surface area contributed by atoms with Crippen molar-refractivity contribution in [3.05, 3.63) is 63.6 Å². The number of sulfonamides is 1. The van der Waals surface area contributed by atoms with Gasteiger partial charge in [0.1, 0.15) is 6.04 Å². The van der Waals surface area contributed by atoms with E-state index >= 15 is 0 Å². The highest BCUT2D eigenvalue weighted by Crippen LogP contribution is 2.26. The van der Waals surface area contributed by atoms with Crippen LogP contribution in [0.5, 0.6) is 0 Å². The predicted octanol–water partition coefficient (Wildman–Crippen LogP) is 3.77. The van der Waals surface area contributed by atoms with E-state index in [1.807, 2.05) is 6.92 Å². The first-order chi connectivity index (χ1) is 12.1. The minimum Gasteiger partial charge on any atom is -0.350 e. The molecule has 0 aromatic heterocycles. The summed E-state index contributed by atoms with van der Waals surface area (Å²) in [4.78, 5) is 12.5. The SMILES string of the molecule is Cc1ccc(N(C(C)C(=O)NCc2ccc(Cl)cc2)S(C)(=O)=O)cc1Cl. The standard InChI is InChI=1S/C18H20Cl2N2O3S/c1-12-4-9-16(10-17(12)20)22(26(3,24)25)13(2)18(23)21-11-14-5-7-15(19)8-6-14/h4-10,13H,11H2,1-3H3,(H,21,23). The molecule has 26 heavy (non-hydrogen) atoms. The minimum atomic E-state index is -3.68. The number of carbonyl (C=O) groups is 1. The quantitative estimate of drug-likeness (QED) is 0.781. The van der Waals surface area contributed by atoms with Crippen molar-refractivity contribution in [1.29, 1.82) is 0 Å². The molecule has 0 spiro atoms. The summed E-state index contributed by atoms with van der Waals surface area (Å²) in [6.07, 6.45) is 1.06. The normalized spacial score (nSPS) is 12.5. The van der Waals surface area contributed by atoms with Crippen molar-refractivity contribution in [2.45, 2.75) is 26.4 Å². The first kappa shape index (κ1) is 20.6. The fourth-order valence-corrected chi connectivity index (χ4v) is 3.93. The van der Waals surface area contributed by atoms with Crippen LogP contribution in [-0.2, 0) is 21.4 Å². The number of carbonyl (C=O) groups excluding carboxylic acids is 1. The van der Waals surface area contributed by atoms with Crippen molar-refractivity contribution < 1.29 is 13.2 Å². The van der Waals surface area contributed by atoms with E-state index < -0.39 is 22.0 Å². The summed E-state index contributed by atoms with van der Waals surface area (Å²) in [6, 6.07) is 11.0. The van der Waals surface area contributed by atoms with Gasteiger partial charge < -0.3 is 5.32 Å². The van der Waals surface area contributed by atoms with Crippen molar-refractivity contribution >= 4 is 44.8 Å². The lowest BCUT2D eigenvalue weighted by molar-refractivity contribution is -0.122. The molecular weight excluding hydrogens is 395 g/mol. The van der Waals surface area contributed by atoms with Crippen molar-refractivity contribution in [2.75, 3.05) is 10.6 Å². The molecule has 0 radical (unpaired) electrons. The van der Waals surface area contributed by atoms with Crippen molar-refractivity contribution in [2.24, 2.45) is 0 Å². The largest absolute Gasteiger partial charge is 0.350 e. The van der Waals surface area contributed by atoms with Gasteiger partial charge in [0.25, 0.3) is 0 Å². The summed E-state index contributed by atoms with van der Waals surface area (Å²) in [6.45, 7) is 3.62. The van der Waals surface area contributed by atoms with Gasteiger partial charge in [-0.3, -0.25) is 9.10 Å². The second-order valence-corrected chi connectivity index (χ2v) is 8.72. The average Bonchev–Trinajstić information content (AvgIpc) is 2.56. The molecule has 5 nitrogen and oxygen atoms in total. The number of rotatable bonds is 6. The van der Waals surface area contributed by atoms with Gasteiger partial charge in [-0.1, -0.05) is 41.4 Å². The van der Waals surface area contributed by atoms with Gasteiger partial charge >= 0.3 is 0 Å². The number of hydrogen-bond donors (Lipinski definition) is 1. The van der Waals surface area contributed by atoms with E-state index in [1.54, 1.807) is 42.5 Å². The number of nitrogens with zero attached hydrogens (tertiary/aromatic N) is 1. The highest BCUT2D eigenvalue weighted by molar-refractivity contribution is 7.92. The summed E-state index contributed by atoms with van der Waals surface area (Å²) < 4.78 is 25.6. The molecule has 0 aliphatic carbocycles. The zero-order valence-corrected chi connectivity index (χ0v) is 17.0. The first-order valence-corrected chi connectivity index (χ1v) is 10.5. The maximum atomic E-state index is 12.5. The van der Waals surface area contributed by atoms with Gasteiger partial charge in [0.15, 0.2) is 0 Å². The van der Waals surface area contributed by atoms with Crippen LogP contribution in [0.4, 0.5) is 5.69 Å². The average molecular weight is 415 g/mol. The van der Waals surface area contributed by atoms with Crippen LogP contribution in [0.15, 0.2) is 42.5 Å². The van der Waals surface area contributed by atoms with Gasteiger partial charge in [0.05, 0.1) is 11.9 Å². The monoisotopic (exact) mass is 414 g/mol. The number of anilines is 1. The Morgan fingerprint density at radius 2 is 1.77 bits per heavy atom. The Morgan fingerprint density at radius 3 is 2.31 bits per heavy atom. The molecule has 2 aromatic rings. The molecule has 140 valence electrons. The number of amides is 1. The maximum absolute atomic E-state index is 12.5. The Morgan fingerprint density at radius 1 is 1.15 bits per heavy atom. The molecule has 1 atom stereocenters. The molecule has 1 N–H and O–H groups in total. The lowest BCUT2D eigenvalue weighted by atomic mass is 10.2. The molecule has 0 bridgehead atoms. The molecule has 1 unspecified atom stereocenters. The van der Waals surface area contributed by atoms with Gasteiger partial charge in [0.2, 0.25) is 15.9 Å². The van der Waals surface area contributed by atoms with Crippen molar-refractivity contribution in [3.8, 4) is 0 Å². The smallest absolute Gasteiger partial charge is 0.243 e. The molecule has 2 aromatic carbocycles. The van der Waals surface area contributed by atoms with E-state index in [0.717, 1.165) is 21.7 Å². The van der Waals surface area contributed by atoms with Crippen LogP contribution in [0.1, 0.15) is 18.1 Å². The maximum Gasteiger partial charge on any atom is 0.243 e. The third-order valence-electron chi connectivity index (χ3n) is 3.88. The van der Waals surface area contributed by atoms with E-state index in [4.69, 9.17) is 23.2 Å². The zero-order valence-electron chi connectivity index (χ0n) is 14.7. The van der Waals surface area contributed by atoms with E-state index in [9.17, 15) is 13.2 Å². The predicted molar refractivity (Wildman–Crippen MR) is 106 cm³/mol. The fourth-order valence-electron chi connectivity index (χ4n) is 2.47. The van der Waals surface area contributed by atoms with Crippen molar-refractivity contribution in [3.63, 3.8) is 0 Å². The molecule has 0 saturated carbocycles. The summed E-state index contributed by atoms with van der Waals surface area (Å²) in [5.74, 6) is -0.415. The molecule has 1 amide bonds. The second kappa shape index (κ2) is 8.29. The van der Waals surface area contributed by atoms with Gasteiger partial charge in [-0.15, -0.1) is 0 Å². The van der Waals surface area contributed by atoms with E-state index in [2.05, 4.69) is 5.32 Å². The highest BCUT2D eigenvalue weighted by atomic mass is 35.5. The number of halogens is 2. The number of aryl methyl sites for hydroxylation is 1. The second-order valence-electron chi connectivity index (χ2n) is 6.01. The molecule has 8 heteroatoms. The third kappa shape index (κ3) is 5.13. The molecule has 2 rings (SSSR count). The number of benzene rings is 2. The van der Waals surface area contributed by atoms with Crippen LogP contribution < -0.4 is 9.62 Å².